The molecule has 4 heteroatoms. The van der Waals surface area contributed by atoms with E-state index in [2.05, 4.69) is 59.7 Å². The van der Waals surface area contributed by atoms with Crippen LogP contribution < -0.4 is 0 Å². The summed E-state index contributed by atoms with van der Waals surface area (Å²) in [6.45, 7) is 10.4. The van der Waals surface area contributed by atoms with Gasteiger partial charge in [-0.1, -0.05) is 55.4 Å². The van der Waals surface area contributed by atoms with Crippen LogP contribution >= 0.6 is 0 Å². The molecule has 0 saturated carbocycles. The Labute approximate surface area is 126 Å². The van der Waals surface area contributed by atoms with Gasteiger partial charge in [-0.05, 0) is 11.5 Å². The minimum atomic E-state index is 0.532. The van der Waals surface area contributed by atoms with Gasteiger partial charge in [-0.2, -0.15) is 4.98 Å². The molecule has 0 saturated heterocycles. The van der Waals surface area contributed by atoms with Crippen molar-refractivity contribution < 1.29 is 4.52 Å². The second-order valence-electron chi connectivity index (χ2n) is 5.65. The molecule has 0 fully saturated rings. The third-order valence-electron chi connectivity index (χ3n) is 3.10. The standard InChI is InChI=1S/C17H23N3O/c1-4-10-20(12-15-8-6-5-7-9-15)13-17-18-16(19-21-17)11-14(2)3/h4-9,14H,1,10-13H2,2-3H3. The Morgan fingerprint density at radius 3 is 2.67 bits per heavy atom. The van der Waals surface area contributed by atoms with E-state index in [9.17, 15) is 0 Å². The second kappa shape index (κ2) is 7.74. The van der Waals surface area contributed by atoms with E-state index in [-0.39, 0.29) is 0 Å². The first kappa shape index (κ1) is 15.4. The highest BCUT2D eigenvalue weighted by atomic mass is 16.5. The van der Waals surface area contributed by atoms with Gasteiger partial charge in [0, 0.05) is 19.5 Å². The first-order chi connectivity index (χ1) is 10.2. The number of hydrogen-bond donors (Lipinski definition) is 0. The quantitative estimate of drug-likeness (QED) is 0.697. The van der Waals surface area contributed by atoms with Crippen LogP contribution in [-0.4, -0.2) is 21.6 Å². The van der Waals surface area contributed by atoms with Gasteiger partial charge in [-0.3, -0.25) is 4.90 Å². The Kier molecular flexibility index (Phi) is 5.69. The summed E-state index contributed by atoms with van der Waals surface area (Å²) in [5.41, 5.74) is 1.27. The Hall–Kier alpha value is -1.94. The van der Waals surface area contributed by atoms with Gasteiger partial charge in [0.15, 0.2) is 5.82 Å². The maximum absolute atomic E-state index is 5.34. The fourth-order valence-corrected chi connectivity index (χ4v) is 2.20. The lowest BCUT2D eigenvalue weighted by atomic mass is 10.1. The molecule has 21 heavy (non-hydrogen) atoms. The number of benzene rings is 1. The van der Waals surface area contributed by atoms with Crippen molar-refractivity contribution in [1.29, 1.82) is 0 Å². The van der Waals surface area contributed by atoms with Gasteiger partial charge in [-0.25, -0.2) is 0 Å². The van der Waals surface area contributed by atoms with Crippen molar-refractivity contribution in [1.82, 2.24) is 15.0 Å². The van der Waals surface area contributed by atoms with Crippen LogP contribution in [0.25, 0.3) is 0 Å². The summed E-state index contributed by atoms with van der Waals surface area (Å²) in [6.07, 6.45) is 2.75. The fourth-order valence-electron chi connectivity index (χ4n) is 2.20. The molecule has 2 rings (SSSR count). The number of nitrogens with zero attached hydrogens (tertiary/aromatic N) is 3. The van der Waals surface area contributed by atoms with Gasteiger partial charge in [0.2, 0.25) is 5.89 Å². The Morgan fingerprint density at radius 2 is 2.00 bits per heavy atom. The monoisotopic (exact) mass is 285 g/mol. The van der Waals surface area contributed by atoms with E-state index in [0.717, 1.165) is 25.3 Å². The Balaban J connectivity index is 1.99. The SMILES string of the molecule is C=CCN(Cc1ccccc1)Cc1nc(CC(C)C)no1. The molecular formula is C17H23N3O. The zero-order chi connectivity index (χ0) is 15.1. The predicted molar refractivity (Wildman–Crippen MR) is 83.6 cm³/mol. The average molecular weight is 285 g/mol. The summed E-state index contributed by atoms with van der Waals surface area (Å²) >= 11 is 0. The molecule has 2 aromatic rings. The zero-order valence-corrected chi connectivity index (χ0v) is 12.8. The van der Waals surface area contributed by atoms with E-state index in [0.29, 0.717) is 18.4 Å². The van der Waals surface area contributed by atoms with Crippen molar-refractivity contribution in [2.75, 3.05) is 6.54 Å². The smallest absolute Gasteiger partial charge is 0.240 e. The topological polar surface area (TPSA) is 42.2 Å². The molecule has 4 nitrogen and oxygen atoms in total. The summed E-state index contributed by atoms with van der Waals surface area (Å²) in [4.78, 5) is 6.69. The van der Waals surface area contributed by atoms with Crippen molar-refractivity contribution in [3.63, 3.8) is 0 Å². The molecule has 1 aromatic carbocycles. The van der Waals surface area contributed by atoms with E-state index < -0.39 is 0 Å². The normalized spacial score (nSPS) is 11.2. The average Bonchev–Trinajstić information content (AvgIpc) is 2.86. The van der Waals surface area contributed by atoms with E-state index in [1.807, 2.05) is 12.1 Å². The van der Waals surface area contributed by atoms with E-state index >= 15 is 0 Å². The van der Waals surface area contributed by atoms with Crippen molar-refractivity contribution >= 4 is 0 Å². The highest BCUT2D eigenvalue weighted by molar-refractivity contribution is 5.14. The lowest BCUT2D eigenvalue weighted by Gasteiger charge is -2.18. The molecule has 0 amide bonds. The number of rotatable bonds is 8. The molecule has 0 spiro atoms. The third-order valence-corrected chi connectivity index (χ3v) is 3.10. The van der Waals surface area contributed by atoms with Crippen LogP contribution in [-0.2, 0) is 19.5 Å². The van der Waals surface area contributed by atoms with Crippen LogP contribution in [0, 0.1) is 5.92 Å². The second-order valence-corrected chi connectivity index (χ2v) is 5.65. The van der Waals surface area contributed by atoms with Crippen LogP contribution in [0.4, 0.5) is 0 Å². The Morgan fingerprint density at radius 1 is 1.24 bits per heavy atom. The van der Waals surface area contributed by atoms with Crippen molar-refractivity contribution in [2.45, 2.75) is 33.4 Å². The summed E-state index contributed by atoms with van der Waals surface area (Å²) < 4.78 is 5.34. The summed E-state index contributed by atoms with van der Waals surface area (Å²) in [5, 5.41) is 4.04. The van der Waals surface area contributed by atoms with Crippen LogP contribution in [0.15, 0.2) is 47.5 Å². The molecule has 1 heterocycles. The molecule has 112 valence electrons. The number of aromatic nitrogens is 2. The van der Waals surface area contributed by atoms with Crippen LogP contribution in [0.2, 0.25) is 0 Å². The molecule has 0 aliphatic carbocycles. The summed E-state index contributed by atoms with van der Waals surface area (Å²) in [7, 11) is 0. The van der Waals surface area contributed by atoms with Gasteiger partial charge in [-0.15, -0.1) is 6.58 Å². The highest BCUT2D eigenvalue weighted by Crippen LogP contribution is 2.10. The van der Waals surface area contributed by atoms with Gasteiger partial charge in [0.25, 0.3) is 0 Å². The summed E-state index contributed by atoms with van der Waals surface area (Å²) in [6, 6.07) is 10.4. The minimum absolute atomic E-state index is 0.532. The molecule has 1 aromatic heterocycles. The first-order valence-corrected chi connectivity index (χ1v) is 7.36. The molecule has 0 aliphatic heterocycles. The van der Waals surface area contributed by atoms with Crippen molar-refractivity contribution in [2.24, 2.45) is 5.92 Å². The van der Waals surface area contributed by atoms with Gasteiger partial charge < -0.3 is 4.52 Å². The first-order valence-electron chi connectivity index (χ1n) is 7.36. The van der Waals surface area contributed by atoms with Crippen molar-refractivity contribution in [3.8, 4) is 0 Å². The maximum atomic E-state index is 5.34. The van der Waals surface area contributed by atoms with Crippen LogP contribution in [0.5, 0.6) is 0 Å². The maximum Gasteiger partial charge on any atom is 0.240 e. The summed E-state index contributed by atoms with van der Waals surface area (Å²) in [5.74, 6) is 1.99. The van der Waals surface area contributed by atoms with Crippen molar-refractivity contribution in [3.05, 3.63) is 60.3 Å². The lowest BCUT2D eigenvalue weighted by molar-refractivity contribution is 0.239. The van der Waals surface area contributed by atoms with E-state index in [4.69, 9.17) is 4.52 Å². The molecule has 0 unspecified atom stereocenters. The number of hydrogen-bond acceptors (Lipinski definition) is 4. The molecule has 0 atom stereocenters. The van der Waals surface area contributed by atoms with Gasteiger partial charge in [0.05, 0.1) is 6.54 Å². The highest BCUT2D eigenvalue weighted by Gasteiger charge is 2.12. The van der Waals surface area contributed by atoms with Gasteiger partial charge >= 0.3 is 0 Å². The van der Waals surface area contributed by atoms with E-state index in [1.165, 1.54) is 5.56 Å². The fraction of sp³-hybridized carbons (Fsp3) is 0.412. The van der Waals surface area contributed by atoms with Gasteiger partial charge in [0.1, 0.15) is 0 Å². The minimum Gasteiger partial charge on any atom is -0.338 e. The van der Waals surface area contributed by atoms with E-state index in [1.54, 1.807) is 0 Å². The molecule has 0 N–H and O–H groups in total. The largest absolute Gasteiger partial charge is 0.338 e. The predicted octanol–water partition coefficient (Wildman–Crippen LogP) is 3.46. The molecule has 0 bridgehead atoms. The Bertz CT molecular complexity index is 548. The molecule has 0 aliphatic rings. The van der Waals surface area contributed by atoms with Crippen LogP contribution in [0.3, 0.4) is 0 Å². The molecular weight excluding hydrogens is 262 g/mol. The third kappa shape index (κ3) is 5.16. The van der Waals surface area contributed by atoms with Crippen LogP contribution in [0.1, 0.15) is 31.1 Å². The molecule has 0 radical (unpaired) electrons. The zero-order valence-electron chi connectivity index (χ0n) is 12.8. The lowest BCUT2D eigenvalue weighted by Crippen LogP contribution is -2.23.